The molecule has 3 aromatic rings. The van der Waals surface area contributed by atoms with Crippen molar-refractivity contribution in [2.45, 2.75) is 17.6 Å². The van der Waals surface area contributed by atoms with Gasteiger partial charge in [0.15, 0.2) is 0 Å². The Hall–Kier alpha value is -3.51. The Kier molecular flexibility index (Phi) is 8.77. The van der Waals surface area contributed by atoms with Crippen LogP contribution in [0.3, 0.4) is 0 Å². The van der Waals surface area contributed by atoms with Crippen LogP contribution in [0, 0.1) is 17.0 Å². The zero-order valence-corrected chi connectivity index (χ0v) is 20.8. The summed E-state index contributed by atoms with van der Waals surface area (Å²) in [7, 11) is -2.82. The van der Waals surface area contributed by atoms with E-state index in [0.29, 0.717) is 29.4 Å². The largest absolute Gasteiger partial charge is 0.497 e. The van der Waals surface area contributed by atoms with Gasteiger partial charge in [-0.1, -0.05) is 6.07 Å². The maximum absolute atomic E-state index is 13.5. The predicted molar refractivity (Wildman–Crippen MR) is 133 cm³/mol. The minimum absolute atomic E-state index is 0.219. The molecule has 0 aliphatic heterocycles. The van der Waals surface area contributed by atoms with Crippen molar-refractivity contribution in [1.82, 2.24) is 5.32 Å². The minimum atomic E-state index is -4.30. The number of nitrogens with one attached hydrogen (secondary N) is 1. The molecule has 0 radical (unpaired) electrons. The van der Waals surface area contributed by atoms with Gasteiger partial charge in [0.05, 0.1) is 34.6 Å². The van der Waals surface area contributed by atoms with Gasteiger partial charge in [0.25, 0.3) is 15.7 Å². The number of thioether (sulfide) groups is 1. The van der Waals surface area contributed by atoms with E-state index in [9.17, 15) is 23.3 Å². The lowest BCUT2D eigenvalue weighted by molar-refractivity contribution is -0.385. The van der Waals surface area contributed by atoms with Crippen molar-refractivity contribution in [3.05, 3.63) is 82.3 Å². The summed E-state index contributed by atoms with van der Waals surface area (Å²) in [5.41, 5.74) is 0.227. The van der Waals surface area contributed by atoms with Gasteiger partial charge in [-0.25, -0.2) is 8.42 Å². The molecule has 1 aromatic heterocycles. The zero-order valence-electron chi connectivity index (χ0n) is 19.2. The lowest BCUT2D eigenvalue weighted by Crippen LogP contribution is -2.41. The van der Waals surface area contributed by atoms with E-state index in [0.717, 1.165) is 16.1 Å². The molecule has 2 aromatic carbocycles. The number of nitrogens with zero attached hydrogens (tertiary/aromatic N) is 2. The van der Waals surface area contributed by atoms with E-state index < -0.39 is 27.4 Å². The van der Waals surface area contributed by atoms with Gasteiger partial charge in [-0.05, 0) is 49.4 Å². The number of rotatable bonds is 12. The van der Waals surface area contributed by atoms with Gasteiger partial charge in [0.1, 0.15) is 18.1 Å². The number of sulfonamides is 1. The lowest BCUT2D eigenvalue weighted by Gasteiger charge is -2.24. The molecule has 0 fully saturated rings. The molecule has 0 unspecified atom stereocenters. The third-order valence-corrected chi connectivity index (χ3v) is 7.76. The Morgan fingerprint density at radius 1 is 1.20 bits per heavy atom. The molecule has 1 N–H and O–H groups in total. The van der Waals surface area contributed by atoms with Crippen LogP contribution in [0.4, 0.5) is 11.4 Å². The first-order chi connectivity index (χ1) is 16.7. The van der Waals surface area contributed by atoms with Crippen molar-refractivity contribution in [3.8, 4) is 5.75 Å². The molecule has 35 heavy (non-hydrogen) atoms. The summed E-state index contributed by atoms with van der Waals surface area (Å²) in [5.74, 6) is 2.08. The average molecular weight is 520 g/mol. The number of furan rings is 1. The van der Waals surface area contributed by atoms with Crippen molar-refractivity contribution in [1.29, 1.82) is 0 Å². The maximum Gasteiger partial charge on any atom is 0.273 e. The highest BCUT2D eigenvalue weighted by Gasteiger charge is 2.29. The Morgan fingerprint density at radius 3 is 2.57 bits per heavy atom. The third kappa shape index (κ3) is 6.76. The van der Waals surface area contributed by atoms with Crippen molar-refractivity contribution >= 4 is 39.1 Å². The molecule has 3 rings (SSSR count). The lowest BCUT2D eigenvalue weighted by atomic mass is 10.2. The topological polar surface area (TPSA) is 132 Å². The fraction of sp³-hybridized carbons (Fsp3) is 0.261. The van der Waals surface area contributed by atoms with Crippen molar-refractivity contribution in [2.24, 2.45) is 0 Å². The number of nitro benzene ring substituents is 1. The molecule has 186 valence electrons. The molecule has 0 atom stereocenters. The predicted octanol–water partition coefficient (Wildman–Crippen LogP) is 3.75. The summed E-state index contributed by atoms with van der Waals surface area (Å²) in [5, 5.41) is 14.1. The number of nitro groups is 1. The molecule has 1 amide bonds. The van der Waals surface area contributed by atoms with Crippen LogP contribution in [0.1, 0.15) is 11.3 Å². The number of carbonyl (C=O) groups is 1. The summed E-state index contributed by atoms with van der Waals surface area (Å²) >= 11 is 1.56. The van der Waals surface area contributed by atoms with Crippen LogP contribution in [0.2, 0.25) is 0 Å². The quantitative estimate of drug-likeness (QED) is 0.217. The number of hydrogen-bond donors (Lipinski definition) is 1. The van der Waals surface area contributed by atoms with Crippen molar-refractivity contribution in [2.75, 3.05) is 30.3 Å². The summed E-state index contributed by atoms with van der Waals surface area (Å²) in [6.07, 6.45) is 1.59. The van der Waals surface area contributed by atoms with Crippen LogP contribution in [0.25, 0.3) is 0 Å². The van der Waals surface area contributed by atoms with Gasteiger partial charge in [-0.3, -0.25) is 19.2 Å². The van der Waals surface area contributed by atoms with Gasteiger partial charge in [0.2, 0.25) is 5.91 Å². The Morgan fingerprint density at radius 2 is 1.94 bits per heavy atom. The molecule has 10 nitrogen and oxygen atoms in total. The fourth-order valence-electron chi connectivity index (χ4n) is 3.15. The van der Waals surface area contributed by atoms with E-state index in [2.05, 4.69) is 5.32 Å². The number of amides is 1. The second-order valence-corrected chi connectivity index (χ2v) is 10.4. The molecular formula is C23H25N3O7S2. The molecule has 0 saturated heterocycles. The van der Waals surface area contributed by atoms with Gasteiger partial charge in [-0.2, -0.15) is 11.8 Å². The van der Waals surface area contributed by atoms with E-state index in [4.69, 9.17) is 9.15 Å². The number of carbonyl (C=O) groups excluding carboxylic acids is 1. The normalized spacial score (nSPS) is 11.1. The summed E-state index contributed by atoms with van der Waals surface area (Å²) in [4.78, 5) is 23.1. The standard InChI is InChI=1S/C23H25N3O7S2/c1-17-5-10-21(14-22(17)26(28)29)35(30,31)25(18-6-8-19(32-2)9-7-18)15-23(27)24-11-13-34-16-20-4-3-12-33-20/h3-10,12,14H,11,13,15-16H2,1-2H3,(H,24,27). The second-order valence-electron chi connectivity index (χ2n) is 7.40. The Labute approximate surface area is 207 Å². The van der Waals surface area contributed by atoms with Crippen LogP contribution in [0.15, 0.2) is 70.2 Å². The molecule has 0 spiro atoms. The minimum Gasteiger partial charge on any atom is -0.497 e. The maximum atomic E-state index is 13.5. The summed E-state index contributed by atoms with van der Waals surface area (Å²) in [6, 6.07) is 13.5. The Balaban J connectivity index is 1.77. The molecule has 12 heteroatoms. The van der Waals surface area contributed by atoms with Crippen LogP contribution >= 0.6 is 11.8 Å². The molecule has 0 saturated carbocycles. The number of anilines is 1. The molecule has 0 aliphatic rings. The zero-order chi connectivity index (χ0) is 25.4. The highest BCUT2D eigenvalue weighted by Crippen LogP contribution is 2.29. The van der Waals surface area contributed by atoms with E-state index in [-0.39, 0.29) is 16.3 Å². The molecular weight excluding hydrogens is 494 g/mol. The van der Waals surface area contributed by atoms with Crippen LogP contribution in [-0.4, -0.2) is 45.2 Å². The number of hydrogen-bond acceptors (Lipinski definition) is 8. The van der Waals surface area contributed by atoms with Crippen LogP contribution in [-0.2, 0) is 20.6 Å². The summed E-state index contributed by atoms with van der Waals surface area (Å²) < 4.78 is 38.3. The van der Waals surface area contributed by atoms with Crippen LogP contribution < -0.4 is 14.4 Å². The van der Waals surface area contributed by atoms with E-state index in [1.54, 1.807) is 36.2 Å². The number of aryl methyl sites for hydroxylation is 1. The van der Waals surface area contributed by atoms with E-state index in [1.165, 1.54) is 38.3 Å². The van der Waals surface area contributed by atoms with E-state index in [1.807, 2.05) is 6.07 Å². The van der Waals surface area contributed by atoms with E-state index >= 15 is 0 Å². The first-order valence-electron chi connectivity index (χ1n) is 10.5. The van der Waals surface area contributed by atoms with Crippen molar-refractivity contribution < 1.29 is 27.3 Å². The first-order valence-corrected chi connectivity index (χ1v) is 13.1. The average Bonchev–Trinajstić information content (AvgIpc) is 3.36. The van der Waals surface area contributed by atoms with Gasteiger partial charge in [-0.15, -0.1) is 0 Å². The number of methoxy groups -OCH3 is 1. The monoisotopic (exact) mass is 519 g/mol. The van der Waals surface area contributed by atoms with Crippen molar-refractivity contribution in [3.63, 3.8) is 0 Å². The third-order valence-electron chi connectivity index (χ3n) is 5.01. The Bertz CT molecular complexity index is 1260. The molecule has 0 bridgehead atoms. The first kappa shape index (κ1) is 26.1. The second kappa shape index (κ2) is 11.8. The highest BCUT2D eigenvalue weighted by molar-refractivity contribution is 7.98. The van der Waals surface area contributed by atoms with Gasteiger partial charge < -0.3 is 14.5 Å². The molecule has 0 aliphatic carbocycles. The number of ether oxygens (including phenoxy) is 1. The highest BCUT2D eigenvalue weighted by atomic mass is 32.2. The molecule has 1 heterocycles. The van der Waals surface area contributed by atoms with Gasteiger partial charge >= 0.3 is 0 Å². The van der Waals surface area contributed by atoms with Crippen LogP contribution in [0.5, 0.6) is 5.75 Å². The number of benzene rings is 2. The van der Waals surface area contributed by atoms with Gasteiger partial charge in [0, 0.05) is 23.9 Å². The smallest absolute Gasteiger partial charge is 0.273 e. The fourth-order valence-corrected chi connectivity index (χ4v) is 5.35. The SMILES string of the molecule is COc1ccc(N(CC(=O)NCCSCc2ccco2)S(=O)(=O)c2ccc(C)c([N+](=O)[O-])c2)cc1. The summed E-state index contributed by atoms with van der Waals surface area (Å²) in [6.45, 7) is 1.35.